The van der Waals surface area contributed by atoms with Gasteiger partial charge in [-0.2, -0.15) is 0 Å². The van der Waals surface area contributed by atoms with E-state index in [1.165, 1.54) is 66.2 Å². The predicted octanol–water partition coefficient (Wildman–Crippen LogP) is 2.84. The molecule has 5 rings (SSSR count). The SMILES string of the molecule is CCCCCCCCC=CCCCCCCCC(=O)OCC(C)(O)CC1NC(=O)C2Cc3c([nH]c4ccccc34)SCC(NC(=O)C(C(C)O)NC(=O)C(C)NC1=O)C(=O)N1CC(O)CC1C(=O)NC(C)C(=O)N2. The highest BCUT2D eigenvalue weighted by Gasteiger charge is 2.44. The van der Waals surface area contributed by atoms with Crippen molar-refractivity contribution in [2.24, 2.45) is 0 Å². The van der Waals surface area contributed by atoms with Crippen molar-refractivity contribution >= 4 is 70.0 Å². The molecule has 2 bridgehead atoms. The van der Waals surface area contributed by atoms with Crippen molar-refractivity contribution < 1.29 is 58.4 Å². The molecule has 1 fully saturated rings. The Morgan fingerprint density at radius 1 is 0.784 bits per heavy atom. The van der Waals surface area contributed by atoms with Crippen molar-refractivity contribution in [1.29, 1.82) is 0 Å². The number of rotatable bonds is 20. The molecule has 4 heterocycles. The summed E-state index contributed by atoms with van der Waals surface area (Å²) in [6, 6.07) is -3.03. The van der Waals surface area contributed by atoms with Crippen molar-refractivity contribution in [2.75, 3.05) is 18.9 Å². The zero-order chi connectivity index (χ0) is 54.0. The number of aromatic nitrogens is 1. The molecule has 74 heavy (non-hydrogen) atoms. The fourth-order valence-corrected chi connectivity index (χ4v) is 10.5. The van der Waals surface area contributed by atoms with Crippen molar-refractivity contribution in [2.45, 2.75) is 209 Å². The number of para-hydroxylation sites is 1. The first-order valence-corrected chi connectivity index (χ1v) is 27.5. The predicted molar refractivity (Wildman–Crippen MR) is 279 cm³/mol. The number of nitrogens with one attached hydrogen (secondary N) is 7. The Kier molecular flexibility index (Phi) is 23.2. The molecular weight excluding hydrogens is 973 g/mol. The molecule has 1 saturated heterocycles. The van der Waals surface area contributed by atoms with Gasteiger partial charge in [-0.15, -0.1) is 11.8 Å². The largest absolute Gasteiger partial charge is 0.463 e. The number of aliphatic hydroxyl groups excluding tert-OH is 2. The number of nitrogens with zero attached hydrogens (tertiary/aromatic N) is 1. The number of H-pyrrole nitrogens is 1. The van der Waals surface area contributed by atoms with E-state index in [0.717, 1.165) is 55.2 Å². The normalized spacial score (nSPS) is 25.9. The minimum absolute atomic E-state index is 0.110. The van der Waals surface area contributed by atoms with Gasteiger partial charge in [-0.05, 0) is 71.4 Å². The smallest absolute Gasteiger partial charge is 0.305 e. The maximum absolute atomic E-state index is 14.7. The van der Waals surface area contributed by atoms with Crippen LogP contribution in [-0.2, 0) is 49.5 Å². The van der Waals surface area contributed by atoms with Crippen LogP contribution in [0.25, 0.3) is 10.9 Å². The summed E-state index contributed by atoms with van der Waals surface area (Å²) in [7, 11) is 0. The summed E-state index contributed by atoms with van der Waals surface area (Å²) in [5, 5.41) is 49.9. The molecule has 1 aromatic carbocycles. The lowest BCUT2D eigenvalue weighted by Gasteiger charge is -2.31. The Hall–Kier alpha value is -5.51. The number of aliphatic hydroxyl groups is 3. The number of carbonyl (C=O) groups is 8. The molecule has 0 aliphatic carbocycles. The van der Waals surface area contributed by atoms with Crippen LogP contribution in [0.2, 0.25) is 0 Å². The summed E-state index contributed by atoms with van der Waals surface area (Å²) in [5.74, 6) is -6.86. The van der Waals surface area contributed by atoms with Crippen LogP contribution in [0, 0.1) is 0 Å². The van der Waals surface area contributed by atoms with Crippen LogP contribution in [0.4, 0.5) is 0 Å². The van der Waals surface area contributed by atoms with E-state index < -0.39 is 120 Å². The van der Waals surface area contributed by atoms with Crippen LogP contribution in [0.5, 0.6) is 0 Å². The summed E-state index contributed by atoms with van der Waals surface area (Å²) in [6.07, 6.45) is 15.3. The van der Waals surface area contributed by atoms with Gasteiger partial charge < -0.3 is 61.8 Å². The monoisotopic (exact) mass is 1050 g/mol. The lowest BCUT2D eigenvalue weighted by molar-refractivity contribution is -0.152. The number of benzene rings is 1. The van der Waals surface area contributed by atoms with Gasteiger partial charge in [0.05, 0.1) is 22.8 Å². The first-order valence-electron chi connectivity index (χ1n) is 26.5. The number of thioether (sulfide) groups is 1. The molecule has 3 aliphatic heterocycles. The van der Waals surface area contributed by atoms with E-state index in [0.29, 0.717) is 27.9 Å². The second kappa shape index (κ2) is 29.0. The average Bonchev–Trinajstić information content (AvgIpc) is 3.92. The standard InChI is InChI=1S/C53H80N8O12S/c1-6-7-8-9-10-11-12-13-14-15-16-17-18-19-20-25-43(64)73-31-53(5,72)28-40-48(68)54-33(3)46(66)60-44(34(4)62)50(70)58-41-30-74-51-37(36-23-21-22-24-38(36)59-51)27-39(47(67)57-40)56-45(65)32(2)55-49(69)42-26-35(63)29-61(42)52(41)71/h13-14,21-24,32-35,39-42,44,59,62-63,72H,6-12,15-20,25-31H2,1-5H3,(H,54,68)(H,55,69)(H,56,65)(H,57,67)(H,58,70)(H,60,66). The van der Waals surface area contributed by atoms with E-state index in [1.807, 2.05) is 0 Å². The van der Waals surface area contributed by atoms with E-state index in [1.54, 1.807) is 24.3 Å². The third kappa shape index (κ3) is 17.8. The molecule has 10 unspecified atom stereocenters. The summed E-state index contributed by atoms with van der Waals surface area (Å²) in [4.78, 5) is 116. The molecule has 20 nitrogen and oxygen atoms in total. The molecular formula is C53H80N8O12S. The van der Waals surface area contributed by atoms with Gasteiger partial charge in [0.1, 0.15) is 48.9 Å². The topological polar surface area (TPSA) is 298 Å². The minimum atomic E-state index is -1.92. The highest BCUT2D eigenvalue weighted by atomic mass is 32.2. The Labute approximate surface area is 438 Å². The number of amides is 7. The third-order valence-electron chi connectivity index (χ3n) is 13.7. The third-order valence-corrected chi connectivity index (χ3v) is 14.9. The van der Waals surface area contributed by atoms with Crippen LogP contribution >= 0.6 is 11.8 Å². The number of carbonyl (C=O) groups excluding carboxylic acids is 8. The first-order chi connectivity index (χ1) is 35.3. The quantitative estimate of drug-likeness (QED) is 0.0519. The molecule has 3 aliphatic rings. The maximum Gasteiger partial charge on any atom is 0.305 e. The summed E-state index contributed by atoms with van der Waals surface area (Å²) >= 11 is 1.09. The summed E-state index contributed by atoms with van der Waals surface area (Å²) in [6.45, 7) is 6.62. The molecule has 2 aromatic rings. The summed E-state index contributed by atoms with van der Waals surface area (Å²) in [5.41, 5.74) is -0.783. The van der Waals surface area contributed by atoms with Crippen LogP contribution in [-0.4, -0.2) is 152 Å². The molecule has 0 saturated carbocycles. The van der Waals surface area contributed by atoms with E-state index in [4.69, 9.17) is 4.74 Å². The van der Waals surface area contributed by atoms with Gasteiger partial charge in [0.2, 0.25) is 41.4 Å². The van der Waals surface area contributed by atoms with Crippen LogP contribution in [0.1, 0.15) is 143 Å². The van der Waals surface area contributed by atoms with Gasteiger partial charge in [0.25, 0.3) is 0 Å². The second-order valence-corrected chi connectivity index (χ2v) is 21.5. The van der Waals surface area contributed by atoms with E-state index in [9.17, 15) is 53.7 Å². The molecule has 7 amide bonds. The van der Waals surface area contributed by atoms with Crippen molar-refractivity contribution in [3.05, 3.63) is 42.0 Å². The number of aromatic amines is 1. The molecule has 10 N–H and O–H groups in total. The zero-order valence-electron chi connectivity index (χ0n) is 43.7. The van der Waals surface area contributed by atoms with Gasteiger partial charge in [-0.1, -0.05) is 88.6 Å². The fraction of sp³-hybridized carbons (Fsp3) is 0.660. The van der Waals surface area contributed by atoms with E-state index in [-0.39, 0.29) is 31.6 Å². The van der Waals surface area contributed by atoms with E-state index in [2.05, 4.69) is 56.0 Å². The molecule has 0 radical (unpaired) electrons. The van der Waals surface area contributed by atoms with E-state index >= 15 is 0 Å². The maximum atomic E-state index is 14.7. The van der Waals surface area contributed by atoms with Crippen LogP contribution in [0.3, 0.4) is 0 Å². The fourth-order valence-electron chi connectivity index (χ4n) is 9.39. The average molecular weight is 1050 g/mol. The van der Waals surface area contributed by atoms with Gasteiger partial charge in [0.15, 0.2) is 0 Å². The minimum Gasteiger partial charge on any atom is -0.463 e. The number of allylic oxidation sites excluding steroid dienone is 2. The lowest BCUT2D eigenvalue weighted by Crippen LogP contribution is -2.61. The van der Waals surface area contributed by atoms with Gasteiger partial charge in [-0.3, -0.25) is 38.4 Å². The van der Waals surface area contributed by atoms with Crippen LogP contribution < -0.4 is 31.9 Å². The van der Waals surface area contributed by atoms with Crippen molar-refractivity contribution in [3.8, 4) is 0 Å². The Morgan fingerprint density at radius 2 is 1.39 bits per heavy atom. The Balaban J connectivity index is 1.36. The van der Waals surface area contributed by atoms with Crippen molar-refractivity contribution in [1.82, 2.24) is 41.8 Å². The number of ether oxygens (including phenoxy) is 1. The van der Waals surface area contributed by atoms with Gasteiger partial charge in [0, 0.05) is 48.9 Å². The Morgan fingerprint density at radius 3 is 2.07 bits per heavy atom. The number of unbranched alkanes of at least 4 members (excludes halogenated alkanes) is 11. The number of hydrogen-bond donors (Lipinski definition) is 10. The molecule has 21 heteroatoms. The molecule has 0 spiro atoms. The number of esters is 1. The van der Waals surface area contributed by atoms with Crippen LogP contribution in [0.15, 0.2) is 41.4 Å². The molecule has 10 atom stereocenters. The lowest BCUT2D eigenvalue weighted by atomic mass is 9.96. The Bertz CT molecular complexity index is 2290. The molecule has 1 aromatic heterocycles. The van der Waals surface area contributed by atoms with Crippen molar-refractivity contribution in [3.63, 3.8) is 0 Å². The number of fused-ring (bicyclic) bond motifs is 5. The summed E-state index contributed by atoms with van der Waals surface area (Å²) < 4.78 is 5.49. The number of hydrogen-bond acceptors (Lipinski definition) is 13. The second-order valence-electron chi connectivity index (χ2n) is 20.5. The first kappa shape index (κ1) is 59.4. The van der Waals surface area contributed by atoms with Gasteiger partial charge in [-0.25, -0.2) is 0 Å². The molecule has 410 valence electrons. The highest BCUT2D eigenvalue weighted by molar-refractivity contribution is 7.99. The highest BCUT2D eigenvalue weighted by Crippen LogP contribution is 2.32. The van der Waals surface area contributed by atoms with Gasteiger partial charge >= 0.3 is 5.97 Å². The zero-order valence-corrected chi connectivity index (χ0v) is 44.5.